The number of nitro groups is 1. The molecule has 1 aromatic heterocycles. The van der Waals surface area contributed by atoms with Crippen molar-refractivity contribution in [1.82, 2.24) is 9.97 Å². The van der Waals surface area contributed by atoms with Crippen LogP contribution in [0.25, 0.3) is 0 Å². The molecule has 10 nitrogen and oxygen atoms in total. The molecule has 2 aromatic carbocycles. The van der Waals surface area contributed by atoms with Gasteiger partial charge in [-0.25, -0.2) is 10.4 Å². The van der Waals surface area contributed by atoms with Crippen LogP contribution in [0, 0.1) is 17.0 Å². The lowest BCUT2D eigenvalue weighted by Gasteiger charge is -2.13. The number of methoxy groups -OCH3 is 1. The molecule has 0 bridgehead atoms. The van der Waals surface area contributed by atoms with Gasteiger partial charge in [0.2, 0.25) is 11.7 Å². The van der Waals surface area contributed by atoms with Crippen molar-refractivity contribution in [3.63, 3.8) is 0 Å². The lowest BCUT2D eigenvalue weighted by molar-refractivity contribution is -0.386. The van der Waals surface area contributed by atoms with E-state index in [9.17, 15) is 14.9 Å². The highest BCUT2D eigenvalue weighted by Gasteiger charge is 2.22. The first-order valence-corrected chi connectivity index (χ1v) is 10.2. The number of benzene rings is 2. The van der Waals surface area contributed by atoms with E-state index in [1.807, 2.05) is 45.0 Å². The Hall–Kier alpha value is -4.21. The van der Waals surface area contributed by atoms with Gasteiger partial charge in [-0.3, -0.25) is 19.9 Å². The minimum absolute atomic E-state index is 0.0338. The molecule has 0 fully saturated rings. The normalized spacial score (nSPS) is 11.1. The third-order valence-corrected chi connectivity index (χ3v) is 4.84. The number of rotatable bonds is 9. The van der Waals surface area contributed by atoms with Crippen molar-refractivity contribution in [2.45, 2.75) is 33.3 Å². The first-order valence-electron chi connectivity index (χ1n) is 10.2. The van der Waals surface area contributed by atoms with E-state index in [2.05, 4.69) is 20.5 Å². The van der Waals surface area contributed by atoms with E-state index in [1.54, 1.807) is 6.07 Å². The second kappa shape index (κ2) is 10.4. The largest absolute Gasteiger partial charge is 0.493 e. The number of ether oxygens (including phenoxy) is 2. The van der Waals surface area contributed by atoms with Gasteiger partial charge in [0.15, 0.2) is 5.75 Å². The van der Waals surface area contributed by atoms with E-state index in [4.69, 9.17) is 9.47 Å². The summed E-state index contributed by atoms with van der Waals surface area (Å²) >= 11 is 0. The van der Waals surface area contributed by atoms with Crippen LogP contribution >= 0.6 is 0 Å². The second-order valence-electron chi connectivity index (χ2n) is 7.59. The fourth-order valence-corrected chi connectivity index (χ4v) is 3.03. The van der Waals surface area contributed by atoms with Crippen LogP contribution in [-0.2, 0) is 6.61 Å². The zero-order chi connectivity index (χ0) is 24.0. The van der Waals surface area contributed by atoms with E-state index in [1.165, 1.54) is 25.5 Å². The molecule has 33 heavy (non-hydrogen) atoms. The summed E-state index contributed by atoms with van der Waals surface area (Å²) in [4.78, 5) is 29.8. The highest BCUT2D eigenvalue weighted by molar-refractivity contribution is 5.83. The number of aryl methyl sites for hydroxylation is 1. The molecule has 0 radical (unpaired) electrons. The summed E-state index contributed by atoms with van der Waals surface area (Å²) in [5.74, 6) is 0.470. The summed E-state index contributed by atoms with van der Waals surface area (Å²) < 4.78 is 11.1. The van der Waals surface area contributed by atoms with Gasteiger partial charge in [-0.15, -0.1) is 0 Å². The van der Waals surface area contributed by atoms with E-state index >= 15 is 0 Å². The van der Waals surface area contributed by atoms with Gasteiger partial charge in [0, 0.05) is 17.7 Å². The maximum Gasteiger partial charge on any atom is 0.315 e. The van der Waals surface area contributed by atoms with Crippen LogP contribution in [0.15, 0.2) is 52.4 Å². The van der Waals surface area contributed by atoms with Gasteiger partial charge in [0.05, 0.1) is 23.9 Å². The lowest BCUT2D eigenvalue weighted by Crippen LogP contribution is -2.12. The molecule has 0 aliphatic rings. The summed E-state index contributed by atoms with van der Waals surface area (Å²) in [6.45, 7) is 5.94. The number of nitrogens with one attached hydrogen (secondary N) is 2. The Morgan fingerprint density at radius 3 is 2.70 bits per heavy atom. The van der Waals surface area contributed by atoms with Gasteiger partial charge in [0.1, 0.15) is 6.61 Å². The number of nitrogens with zero attached hydrogens (tertiary/aromatic N) is 3. The lowest BCUT2D eigenvalue weighted by atomic mass is 10.1. The van der Waals surface area contributed by atoms with Crippen LogP contribution in [0.3, 0.4) is 0 Å². The Morgan fingerprint density at radius 1 is 1.27 bits per heavy atom. The minimum Gasteiger partial charge on any atom is -0.493 e. The van der Waals surface area contributed by atoms with Crippen LogP contribution in [-0.4, -0.2) is 28.2 Å². The number of H-pyrrole nitrogens is 1. The average molecular weight is 451 g/mol. The van der Waals surface area contributed by atoms with E-state index in [0.29, 0.717) is 11.3 Å². The Bertz CT molecular complexity index is 1240. The van der Waals surface area contributed by atoms with Gasteiger partial charge < -0.3 is 9.47 Å². The second-order valence-corrected chi connectivity index (χ2v) is 7.59. The molecular weight excluding hydrogens is 426 g/mol. The number of hydrogen-bond acceptors (Lipinski definition) is 8. The van der Waals surface area contributed by atoms with Crippen LogP contribution in [0.5, 0.6) is 11.5 Å². The topological polar surface area (TPSA) is 132 Å². The number of hydrogen-bond donors (Lipinski definition) is 2. The SMILES string of the molecule is COc1cc(/C=N\Nc2nc(C(C)C)cc(=O)[nH]2)cc([N+](=O)[O-])c1OCc1ccccc1C. The smallest absolute Gasteiger partial charge is 0.315 e. The molecule has 0 saturated heterocycles. The molecule has 0 saturated carbocycles. The summed E-state index contributed by atoms with van der Waals surface area (Å²) in [6, 6.07) is 12.0. The van der Waals surface area contributed by atoms with Crippen LogP contribution in [0.4, 0.5) is 11.6 Å². The highest BCUT2D eigenvalue weighted by Crippen LogP contribution is 2.38. The molecular formula is C23H25N5O5. The molecule has 0 spiro atoms. The summed E-state index contributed by atoms with van der Waals surface area (Å²) in [5, 5.41) is 15.8. The van der Waals surface area contributed by atoms with Crippen molar-refractivity contribution in [3.05, 3.63) is 85.3 Å². The molecule has 10 heteroatoms. The fourth-order valence-electron chi connectivity index (χ4n) is 3.03. The minimum atomic E-state index is -0.536. The Kier molecular flexibility index (Phi) is 7.39. The highest BCUT2D eigenvalue weighted by atomic mass is 16.6. The molecule has 3 aromatic rings. The average Bonchev–Trinajstić information content (AvgIpc) is 2.78. The summed E-state index contributed by atoms with van der Waals surface area (Å²) in [7, 11) is 1.41. The summed E-state index contributed by atoms with van der Waals surface area (Å²) in [6.07, 6.45) is 1.36. The zero-order valence-electron chi connectivity index (χ0n) is 18.8. The van der Waals surface area contributed by atoms with Crippen molar-refractivity contribution in [1.29, 1.82) is 0 Å². The van der Waals surface area contributed by atoms with Crippen molar-refractivity contribution in [2.75, 3.05) is 12.5 Å². The molecule has 0 amide bonds. The number of aromatic nitrogens is 2. The predicted molar refractivity (Wildman–Crippen MR) is 125 cm³/mol. The fraction of sp³-hybridized carbons (Fsp3) is 0.261. The molecule has 0 aliphatic carbocycles. The van der Waals surface area contributed by atoms with Crippen LogP contribution in [0.1, 0.15) is 42.1 Å². The molecule has 0 unspecified atom stereocenters. The molecule has 0 aliphatic heterocycles. The van der Waals surface area contributed by atoms with Crippen LogP contribution < -0.4 is 20.5 Å². The van der Waals surface area contributed by atoms with Crippen molar-refractivity contribution in [2.24, 2.45) is 5.10 Å². The maximum absolute atomic E-state index is 11.8. The van der Waals surface area contributed by atoms with Gasteiger partial charge in [0.25, 0.3) is 5.56 Å². The molecule has 2 N–H and O–H groups in total. The number of anilines is 1. The monoisotopic (exact) mass is 451 g/mol. The van der Waals surface area contributed by atoms with Crippen molar-refractivity contribution < 1.29 is 14.4 Å². The molecule has 1 heterocycles. The number of nitro benzene ring substituents is 1. The zero-order valence-corrected chi connectivity index (χ0v) is 18.8. The Labute approximate surface area is 190 Å². The van der Waals surface area contributed by atoms with Gasteiger partial charge in [-0.05, 0) is 30.0 Å². The van der Waals surface area contributed by atoms with Crippen molar-refractivity contribution in [3.8, 4) is 11.5 Å². The van der Waals surface area contributed by atoms with E-state index in [0.717, 1.165) is 11.1 Å². The molecule has 0 atom stereocenters. The summed E-state index contributed by atoms with van der Waals surface area (Å²) in [5.41, 5.74) is 5.03. The first-order chi connectivity index (χ1) is 15.8. The van der Waals surface area contributed by atoms with Gasteiger partial charge in [-0.2, -0.15) is 5.10 Å². The van der Waals surface area contributed by atoms with Gasteiger partial charge in [-0.1, -0.05) is 38.1 Å². The standard InChI is InChI=1S/C23H25N5O5/c1-14(2)18-11-21(29)26-23(25-18)27-24-12-16-9-19(28(30)31)22(20(10-16)32-4)33-13-17-8-6-5-7-15(17)3/h5-12,14H,13H2,1-4H3,(H2,25,26,27,29)/b24-12-. The Balaban J connectivity index is 1.85. The van der Waals surface area contributed by atoms with Crippen LogP contribution in [0.2, 0.25) is 0 Å². The molecule has 3 rings (SSSR count). The van der Waals surface area contributed by atoms with Crippen molar-refractivity contribution >= 4 is 17.9 Å². The quantitative estimate of drug-likeness (QED) is 0.284. The first kappa shape index (κ1) is 23.5. The third-order valence-electron chi connectivity index (χ3n) is 4.84. The Morgan fingerprint density at radius 2 is 2.03 bits per heavy atom. The van der Waals surface area contributed by atoms with Gasteiger partial charge >= 0.3 is 5.69 Å². The molecule has 172 valence electrons. The maximum atomic E-state index is 11.8. The van der Waals surface area contributed by atoms with E-state index in [-0.39, 0.29) is 41.2 Å². The number of hydrazone groups is 1. The third kappa shape index (κ3) is 5.94. The van der Waals surface area contributed by atoms with E-state index < -0.39 is 4.92 Å². The number of aromatic amines is 1. The predicted octanol–water partition coefficient (Wildman–Crippen LogP) is 4.14.